The third kappa shape index (κ3) is 4.31. The Morgan fingerprint density at radius 2 is 1.81 bits per heavy atom. The van der Waals surface area contributed by atoms with E-state index < -0.39 is 5.97 Å². The van der Waals surface area contributed by atoms with Gasteiger partial charge >= 0.3 is 5.97 Å². The normalized spacial score (nSPS) is 14.6. The van der Waals surface area contributed by atoms with Gasteiger partial charge in [-0.3, -0.25) is 9.59 Å². The molecule has 2 aromatic rings. The molecule has 7 nitrogen and oxygen atoms in total. The molecule has 1 aliphatic heterocycles. The predicted molar refractivity (Wildman–Crippen MR) is 98.8 cm³/mol. The zero-order valence-corrected chi connectivity index (χ0v) is 15.0. The number of hydrogen-bond acceptors (Lipinski definition) is 4. The second-order valence-corrected chi connectivity index (χ2v) is 6.59. The third-order valence-corrected chi connectivity index (χ3v) is 4.74. The first kappa shape index (κ1) is 18.6. The van der Waals surface area contributed by atoms with Gasteiger partial charge in [-0.25, -0.2) is 9.78 Å². The lowest BCUT2D eigenvalue weighted by Crippen LogP contribution is -2.46. The number of carbonyl (C=O) groups excluding carboxylic acids is 2. The van der Waals surface area contributed by atoms with Crippen LogP contribution in [0.1, 0.15) is 49.6 Å². The quantitative estimate of drug-likeness (QED) is 0.862. The molecule has 1 aliphatic rings. The van der Waals surface area contributed by atoms with E-state index in [9.17, 15) is 14.4 Å². The SMILES string of the molecule is Cc1ccccc1C(=O)NC1CCN(C(=O)c2ccc(C(=O)O)nc2)CC1. The van der Waals surface area contributed by atoms with Gasteiger partial charge in [0.1, 0.15) is 5.69 Å². The van der Waals surface area contributed by atoms with Crippen molar-refractivity contribution in [1.29, 1.82) is 0 Å². The Hall–Kier alpha value is -3.22. The molecule has 27 heavy (non-hydrogen) atoms. The van der Waals surface area contributed by atoms with E-state index in [1.165, 1.54) is 18.3 Å². The van der Waals surface area contributed by atoms with E-state index in [0.717, 1.165) is 5.56 Å². The Morgan fingerprint density at radius 1 is 1.11 bits per heavy atom. The molecule has 140 valence electrons. The van der Waals surface area contributed by atoms with Crippen molar-refractivity contribution in [3.8, 4) is 0 Å². The predicted octanol–water partition coefficient (Wildman–Crippen LogP) is 2.12. The van der Waals surface area contributed by atoms with Crippen LogP contribution < -0.4 is 5.32 Å². The molecule has 3 rings (SSSR count). The van der Waals surface area contributed by atoms with Crippen LogP contribution in [0.15, 0.2) is 42.6 Å². The minimum atomic E-state index is -1.13. The maximum Gasteiger partial charge on any atom is 0.354 e. The van der Waals surface area contributed by atoms with Gasteiger partial charge in [0.2, 0.25) is 0 Å². The highest BCUT2D eigenvalue weighted by Gasteiger charge is 2.25. The zero-order valence-electron chi connectivity index (χ0n) is 15.0. The van der Waals surface area contributed by atoms with Gasteiger partial charge in [0.15, 0.2) is 0 Å². The molecule has 0 spiro atoms. The van der Waals surface area contributed by atoms with E-state index >= 15 is 0 Å². The van der Waals surface area contributed by atoms with Gasteiger partial charge in [-0.1, -0.05) is 18.2 Å². The highest BCUT2D eigenvalue weighted by Crippen LogP contribution is 2.15. The number of benzene rings is 1. The van der Waals surface area contributed by atoms with Crippen molar-refractivity contribution < 1.29 is 19.5 Å². The Bertz CT molecular complexity index is 856. The second kappa shape index (κ2) is 7.99. The Morgan fingerprint density at radius 3 is 2.41 bits per heavy atom. The number of piperidine rings is 1. The third-order valence-electron chi connectivity index (χ3n) is 4.74. The van der Waals surface area contributed by atoms with Crippen molar-refractivity contribution in [1.82, 2.24) is 15.2 Å². The summed E-state index contributed by atoms with van der Waals surface area (Å²) in [5.74, 6) is -1.39. The molecular formula is C20H21N3O4. The lowest BCUT2D eigenvalue weighted by Gasteiger charge is -2.32. The van der Waals surface area contributed by atoms with Crippen LogP contribution in [0, 0.1) is 6.92 Å². The number of carboxylic acids is 1. The maximum absolute atomic E-state index is 12.5. The minimum Gasteiger partial charge on any atom is -0.477 e. The summed E-state index contributed by atoms with van der Waals surface area (Å²) < 4.78 is 0. The van der Waals surface area contributed by atoms with Gasteiger partial charge in [-0.15, -0.1) is 0 Å². The Labute approximate surface area is 157 Å². The highest BCUT2D eigenvalue weighted by molar-refractivity contribution is 5.96. The molecule has 0 bridgehead atoms. The lowest BCUT2D eigenvalue weighted by molar-refractivity contribution is 0.0676. The van der Waals surface area contributed by atoms with Gasteiger partial charge in [0, 0.05) is 30.9 Å². The molecule has 2 heterocycles. The highest BCUT2D eigenvalue weighted by atomic mass is 16.4. The molecule has 1 saturated heterocycles. The van der Waals surface area contributed by atoms with E-state index in [4.69, 9.17) is 5.11 Å². The fourth-order valence-electron chi connectivity index (χ4n) is 3.15. The number of nitrogens with one attached hydrogen (secondary N) is 1. The van der Waals surface area contributed by atoms with Gasteiger partial charge < -0.3 is 15.3 Å². The molecule has 0 radical (unpaired) electrons. The maximum atomic E-state index is 12.5. The fourth-order valence-corrected chi connectivity index (χ4v) is 3.15. The van der Waals surface area contributed by atoms with E-state index in [1.807, 2.05) is 25.1 Å². The molecule has 0 unspecified atom stereocenters. The Balaban J connectivity index is 1.55. The number of pyridine rings is 1. The molecule has 2 N–H and O–H groups in total. The van der Waals surface area contributed by atoms with Crippen LogP contribution in [0.2, 0.25) is 0 Å². The number of carboxylic acid groups (broad SMARTS) is 1. The Kier molecular flexibility index (Phi) is 5.49. The van der Waals surface area contributed by atoms with Crippen LogP contribution in [0.5, 0.6) is 0 Å². The average molecular weight is 367 g/mol. The monoisotopic (exact) mass is 367 g/mol. The van der Waals surface area contributed by atoms with Crippen molar-refractivity contribution in [3.63, 3.8) is 0 Å². The van der Waals surface area contributed by atoms with Gasteiger partial charge in [-0.2, -0.15) is 0 Å². The number of hydrogen-bond donors (Lipinski definition) is 2. The minimum absolute atomic E-state index is 0.0219. The topological polar surface area (TPSA) is 99.6 Å². The number of aryl methyl sites for hydroxylation is 1. The number of nitrogens with zero attached hydrogens (tertiary/aromatic N) is 2. The molecule has 1 aromatic carbocycles. The van der Waals surface area contributed by atoms with Crippen molar-refractivity contribution in [2.24, 2.45) is 0 Å². The van der Waals surface area contributed by atoms with Gasteiger partial charge in [-0.05, 0) is 43.5 Å². The van der Waals surface area contributed by atoms with Crippen LogP contribution in [-0.2, 0) is 0 Å². The number of aromatic carboxylic acids is 1. The summed E-state index contributed by atoms with van der Waals surface area (Å²) in [6.45, 7) is 2.95. The molecule has 0 atom stereocenters. The van der Waals surface area contributed by atoms with E-state index in [-0.39, 0.29) is 23.6 Å². The summed E-state index contributed by atoms with van der Waals surface area (Å²) in [6, 6.07) is 10.3. The van der Waals surface area contributed by atoms with Crippen molar-refractivity contribution >= 4 is 17.8 Å². The molecule has 0 aliphatic carbocycles. The molecule has 1 aromatic heterocycles. The van der Waals surface area contributed by atoms with Crippen molar-refractivity contribution in [2.75, 3.05) is 13.1 Å². The first-order valence-electron chi connectivity index (χ1n) is 8.81. The number of likely N-dealkylation sites (tertiary alicyclic amines) is 1. The fraction of sp³-hybridized carbons (Fsp3) is 0.300. The molecule has 7 heteroatoms. The van der Waals surface area contributed by atoms with E-state index in [0.29, 0.717) is 37.1 Å². The summed E-state index contributed by atoms with van der Waals surface area (Å²) in [7, 11) is 0. The molecule has 1 fully saturated rings. The first-order chi connectivity index (χ1) is 13.0. The van der Waals surface area contributed by atoms with Crippen LogP contribution in [0.3, 0.4) is 0 Å². The van der Waals surface area contributed by atoms with E-state index in [2.05, 4.69) is 10.3 Å². The van der Waals surface area contributed by atoms with Crippen LogP contribution in [-0.4, -0.2) is 51.9 Å². The van der Waals surface area contributed by atoms with Crippen LogP contribution in [0.4, 0.5) is 0 Å². The van der Waals surface area contributed by atoms with Crippen molar-refractivity contribution in [2.45, 2.75) is 25.8 Å². The smallest absolute Gasteiger partial charge is 0.354 e. The first-order valence-corrected chi connectivity index (χ1v) is 8.81. The van der Waals surface area contributed by atoms with Crippen LogP contribution in [0.25, 0.3) is 0 Å². The van der Waals surface area contributed by atoms with Gasteiger partial charge in [0.25, 0.3) is 11.8 Å². The average Bonchev–Trinajstić information content (AvgIpc) is 2.68. The summed E-state index contributed by atoms with van der Waals surface area (Å²) in [6.07, 6.45) is 2.63. The molecule has 2 amide bonds. The summed E-state index contributed by atoms with van der Waals surface area (Å²) in [5, 5.41) is 11.9. The van der Waals surface area contributed by atoms with Crippen LogP contribution >= 0.6 is 0 Å². The largest absolute Gasteiger partial charge is 0.477 e. The molecule has 0 saturated carbocycles. The number of aromatic nitrogens is 1. The second-order valence-electron chi connectivity index (χ2n) is 6.59. The lowest BCUT2D eigenvalue weighted by atomic mass is 10.0. The number of amides is 2. The summed E-state index contributed by atoms with van der Waals surface area (Å²) in [5.41, 5.74) is 1.87. The molecular weight excluding hydrogens is 346 g/mol. The summed E-state index contributed by atoms with van der Waals surface area (Å²) in [4.78, 5) is 41.3. The van der Waals surface area contributed by atoms with Crippen molar-refractivity contribution in [3.05, 3.63) is 65.0 Å². The zero-order chi connectivity index (χ0) is 19.4. The standard InChI is InChI=1S/C20H21N3O4/c1-13-4-2-3-5-16(13)18(24)22-15-8-10-23(11-9-15)19(25)14-6-7-17(20(26)27)21-12-14/h2-7,12,15H,8-11H2,1H3,(H,22,24)(H,26,27). The number of rotatable bonds is 4. The number of carbonyl (C=O) groups is 3. The van der Waals surface area contributed by atoms with E-state index in [1.54, 1.807) is 11.0 Å². The summed E-state index contributed by atoms with van der Waals surface area (Å²) >= 11 is 0. The van der Waals surface area contributed by atoms with Gasteiger partial charge in [0.05, 0.1) is 5.56 Å².